The van der Waals surface area contributed by atoms with Gasteiger partial charge in [0.1, 0.15) is 12.6 Å². The molecule has 1 saturated heterocycles. The van der Waals surface area contributed by atoms with E-state index in [1.807, 2.05) is 39.2 Å². The van der Waals surface area contributed by atoms with E-state index in [0.29, 0.717) is 24.2 Å². The van der Waals surface area contributed by atoms with Gasteiger partial charge in [-0.25, -0.2) is 19.4 Å². The van der Waals surface area contributed by atoms with E-state index < -0.39 is 49.2 Å². The highest BCUT2D eigenvalue weighted by Gasteiger charge is 2.41. The van der Waals surface area contributed by atoms with Gasteiger partial charge in [0.05, 0.1) is 44.9 Å². The molecule has 0 radical (unpaired) electrons. The minimum Gasteiger partial charge on any atom is -0.476 e. The Hall–Kier alpha value is -3.30. The van der Waals surface area contributed by atoms with Crippen LogP contribution in [0.1, 0.15) is 59.5 Å². The largest absolute Gasteiger partial charge is 0.519 e. The molecule has 1 aliphatic heterocycles. The molecule has 0 amide bonds. The predicted molar refractivity (Wildman–Crippen MR) is 148 cm³/mol. The molecule has 4 atom stereocenters. The van der Waals surface area contributed by atoms with Gasteiger partial charge in [0.25, 0.3) is 0 Å². The summed E-state index contributed by atoms with van der Waals surface area (Å²) in [4.78, 5) is 36.8. The Kier molecular flexibility index (Phi) is 9.14. The summed E-state index contributed by atoms with van der Waals surface area (Å²) in [6.07, 6.45) is 1.51. The zero-order valence-corrected chi connectivity index (χ0v) is 25.6. The van der Waals surface area contributed by atoms with Crippen LogP contribution in [0.25, 0.3) is 11.2 Å². The summed E-state index contributed by atoms with van der Waals surface area (Å²) in [7, 11) is -2.99. The molecule has 1 aliphatic rings. The Balaban J connectivity index is 1.51. The molecule has 0 aliphatic carbocycles. The van der Waals surface area contributed by atoms with Crippen LogP contribution in [-0.4, -0.2) is 64.6 Å². The lowest BCUT2D eigenvalue weighted by Gasteiger charge is -2.25. The fourth-order valence-electron chi connectivity index (χ4n) is 4.58. The molecule has 0 aromatic carbocycles. The molecule has 3 aromatic rings. The van der Waals surface area contributed by atoms with Gasteiger partial charge in [0.2, 0.25) is 11.8 Å². The van der Waals surface area contributed by atoms with Crippen molar-refractivity contribution in [2.24, 2.45) is 0 Å². The Morgan fingerprint density at radius 2 is 2.05 bits per heavy atom. The maximum atomic E-state index is 13.8. The average Bonchev–Trinajstić information content (AvgIpc) is 3.63. The number of esters is 1. The molecule has 42 heavy (non-hydrogen) atoms. The number of hydrogen-bond donors (Lipinski definition) is 2. The van der Waals surface area contributed by atoms with Crippen molar-refractivity contribution in [3.05, 3.63) is 28.5 Å². The number of fused-ring (bicyclic) bond motifs is 1. The van der Waals surface area contributed by atoms with Gasteiger partial charge in [-0.1, -0.05) is 20.8 Å². The molecule has 4 unspecified atom stereocenters. The summed E-state index contributed by atoms with van der Waals surface area (Å²) >= 11 is 0. The van der Waals surface area contributed by atoms with Crippen LogP contribution < -0.4 is 21.4 Å². The van der Waals surface area contributed by atoms with Crippen molar-refractivity contribution in [3.63, 3.8) is 0 Å². The molecule has 0 saturated carbocycles. The smallest absolute Gasteiger partial charge is 0.476 e. The van der Waals surface area contributed by atoms with Crippen molar-refractivity contribution in [2.45, 2.75) is 77.7 Å². The number of hydrogen-bond acceptors (Lipinski definition) is 14. The first-order valence-electron chi connectivity index (χ1n) is 13.3. The first-order chi connectivity index (χ1) is 19.7. The third-order valence-corrected chi connectivity index (χ3v) is 8.23. The first kappa shape index (κ1) is 31.6. The molecular weight excluding hydrogens is 575 g/mol. The maximum Gasteiger partial charge on any atom is 0.519 e. The van der Waals surface area contributed by atoms with E-state index in [-0.39, 0.29) is 36.6 Å². The Morgan fingerprint density at radius 1 is 1.31 bits per heavy atom. The van der Waals surface area contributed by atoms with Gasteiger partial charge in [-0.2, -0.15) is 9.97 Å². The van der Waals surface area contributed by atoms with Crippen molar-refractivity contribution in [2.75, 3.05) is 32.7 Å². The van der Waals surface area contributed by atoms with Gasteiger partial charge in [-0.05, 0) is 20.8 Å². The van der Waals surface area contributed by atoms with Crippen LogP contribution in [0.2, 0.25) is 0 Å². The van der Waals surface area contributed by atoms with Crippen LogP contribution in [-0.2, 0) is 45.4 Å². The van der Waals surface area contributed by atoms with Crippen LogP contribution in [0.5, 0.6) is 5.88 Å². The lowest BCUT2D eigenvalue weighted by atomic mass is 9.92. The lowest BCUT2D eigenvalue weighted by Crippen LogP contribution is -2.34. The zero-order chi connectivity index (χ0) is 30.9. The zero-order valence-electron chi connectivity index (χ0n) is 24.7. The number of rotatable bonds is 12. The van der Waals surface area contributed by atoms with Crippen LogP contribution in [0, 0.1) is 0 Å². The summed E-state index contributed by atoms with van der Waals surface area (Å²) in [6, 6.07) is -1.05. The number of nitrogens with one attached hydrogen (secondary N) is 1. The van der Waals surface area contributed by atoms with Crippen LogP contribution in [0.3, 0.4) is 0 Å². The quantitative estimate of drug-likeness (QED) is 0.223. The fourth-order valence-corrected chi connectivity index (χ4v) is 6.03. The van der Waals surface area contributed by atoms with E-state index in [9.17, 15) is 14.2 Å². The highest BCUT2D eigenvalue weighted by Crippen LogP contribution is 2.47. The number of methoxy groups -OCH3 is 1. The van der Waals surface area contributed by atoms with E-state index >= 15 is 0 Å². The minimum absolute atomic E-state index is 0.0436. The van der Waals surface area contributed by atoms with E-state index in [1.54, 1.807) is 6.33 Å². The summed E-state index contributed by atoms with van der Waals surface area (Å²) in [5, 5.41) is 2.57. The van der Waals surface area contributed by atoms with Crippen molar-refractivity contribution >= 4 is 30.8 Å². The summed E-state index contributed by atoms with van der Waals surface area (Å²) in [5.74, 6) is -0.990. The second-order valence-electron chi connectivity index (χ2n) is 11.1. The molecular formula is C25H37N6O10P. The number of carbonyl (C=O) groups is 1. The van der Waals surface area contributed by atoms with Crippen LogP contribution in [0.15, 0.2) is 20.0 Å². The Morgan fingerprint density at radius 3 is 2.71 bits per heavy atom. The molecule has 17 heteroatoms. The molecule has 3 N–H and O–H groups in total. The topological polar surface area (TPSA) is 205 Å². The van der Waals surface area contributed by atoms with Crippen LogP contribution >= 0.6 is 7.75 Å². The van der Waals surface area contributed by atoms with Gasteiger partial charge in [-0.3, -0.25) is 13.8 Å². The first-order valence-corrected chi connectivity index (χ1v) is 14.9. The number of nitrogen functional groups attached to an aromatic ring is 1. The highest BCUT2D eigenvalue weighted by atomic mass is 31.2. The van der Waals surface area contributed by atoms with Gasteiger partial charge in [-0.15, -0.1) is 0 Å². The minimum atomic E-state index is -4.19. The van der Waals surface area contributed by atoms with Crippen molar-refractivity contribution in [1.29, 1.82) is 0 Å². The monoisotopic (exact) mass is 612 g/mol. The third kappa shape index (κ3) is 6.84. The van der Waals surface area contributed by atoms with Gasteiger partial charge in [0.15, 0.2) is 22.7 Å². The third-order valence-electron chi connectivity index (χ3n) is 6.57. The van der Waals surface area contributed by atoms with Crippen molar-refractivity contribution < 1.29 is 41.5 Å². The summed E-state index contributed by atoms with van der Waals surface area (Å²) in [6.45, 7) is 10.7. The SMILES string of the molecule is CCOc1nc(N)nc2c1ncn2C1(C)COC(COP(=O)(NC(C)C(=O)OC)OCc2oc(=O)oc2C(C)(C)C)C1. The number of nitrogens with two attached hydrogens (primary N) is 1. The van der Waals surface area contributed by atoms with Crippen molar-refractivity contribution in [1.82, 2.24) is 24.6 Å². The number of anilines is 1. The number of imidazole rings is 1. The molecule has 1 fully saturated rings. The van der Waals surface area contributed by atoms with Gasteiger partial charge >= 0.3 is 19.5 Å². The van der Waals surface area contributed by atoms with Crippen molar-refractivity contribution in [3.8, 4) is 5.88 Å². The van der Waals surface area contributed by atoms with E-state index in [4.69, 9.17) is 37.8 Å². The van der Waals surface area contributed by atoms with E-state index in [0.717, 1.165) is 0 Å². The molecule has 4 heterocycles. The maximum absolute atomic E-state index is 13.8. The molecule has 0 bridgehead atoms. The normalized spacial score (nSPS) is 21.4. The van der Waals surface area contributed by atoms with Crippen LogP contribution in [0.4, 0.5) is 5.95 Å². The average molecular weight is 613 g/mol. The number of ether oxygens (including phenoxy) is 3. The second-order valence-corrected chi connectivity index (χ2v) is 12.9. The number of carbonyl (C=O) groups excluding carboxylic acids is 1. The van der Waals surface area contributed by atoms with Gasteiger partial charge < -0.3 is 33.3 Å². The lowest BCUT2D eigenvalue weighted by molar-refractivity contribution is -0.142. The summed E-state index contributed by atoms with van der Waals surface area (Å²) in [5.41, 5.74) is 5.65. The predicted octanol–water partition coefficient (Wildman–Crippen LogP) is 2.65. The van der Waals surface area contributed by atoms with Gasteiger partial charge in [0, 0.05) is 11.8 Å². The number of aromatic nitrogens is 4. The molecule has 16 nitrogen and oxygen atoms in total. The van der Waals surface area contributed by atoms with E-state index in [1.165, 1.54) is 14.0 Å². The fraction of sp³-hybridized carbons (Fsp3) is 0.640. The Bertz CT molecular complexity index is 1530. The molecule has 3 aromatic heterocycles. The number of nitrogens with zero attached hydrogens (tertiary/aromatic N) is 4. The molecule has 0 spiro atoms. The molecule has 4 rings (SSSR count). The van der Waals surface area contributed by atoms with E-state index in [2.05, 4.69) is 20.0 Å². The standard InChI is InChI=1S/C25H37N6O10P/c1-8-36-20-17-19(28-22(26)29-20)31(13-27-17)25(6)9-15(37-12-25)10-38-42(34,30-14(2)21(32)35-7)39-11-16-18(24(3,4)5)41-23(33)40-16/h13-15H,8-12H2,1-7H3,(H,30,34)(H2,26,28,29). The summed E-state index contributed by atoms with van der Waals surface area (Å²) < 4.78 is 53.6. The second kappa shape index (κ2) is 12.1. The Labute approximate surface area is 241 Å². The highest BCUT2D eigenvalue weighted by molar-refractivity contribution is 7.51. The molecule has 232 valence electrons.